The zero-order valence-electron chi connectivity index (χ0n) is 14.3. The molecule has 3 aromatic rings. The number of rotatable bonds is 6. The van der Waals surface area contributed by atoms with Crippen molar-refractivity contribution in [2.45, 2.75) is 25.7 Å². The van der Waals surface area contributed by atoms with E-state index >= 15 is 0 Å². The molecule has 0 spiro atoms. The minimum Gasteiger partial charge on any atom is -0.342 e. The molecule has 2 amide bonds. The van der Waals surface area contributed by atoms with Crippen molar-refractivity contribution in [3.8, 4) is 0 Å². The highest BCUT2D eigenvalue weighted by Gasteiger charge is 2.29. The maximum Gasteiger partial charge on any atom is 0.227 e. The van der Waals surface area contributed by atoms with Crippen LogP contribution in [-0.4, -0.2) is 21.8 Å². The summed E-state index contributed by atoms with van der Waals surface area (Å²) < 4.78 is 0. The van der Waals surface area contributed by atoms with Gasteiger partial charge in [-0.1, -0.05) is 18.2 Å². The molecular formula is C20H20N4O2. The lowest BCUT2D eigenvalue weighted by molar-refractivity contribution is -0.117. The molecule has 1 fully saturated rings. The van der Waals surface area contributed by atoms with Gasteiger partial charge in [-0.15, -0.1) is 0 Å². The van der Waals surface area contributed by atoms with Gasteiger partial charge in [-0.25, -0.2) is 4.98 Å². The van der Waals surface area contributed by atoms with E-state index in [0.29, 0.717) is 24.2 Å². The predicted molar refractivity (Wildman–Crippen MR) is 101 cm³/mol. The summed E-state index contributed by atoms with van der Waals surface area (Å²) in [4.78, 5) is 31.7. The van der Waals surface area contributed by atoms with Gasteiger partial charge in [-0.3, -0.25) is 9.59 Å². The maximum atomic E-state index is 12.2. The second-order valence-electron chi connectivity index (χ2n) is 6.59. The summed E-state index contributed by atoms with van der Waals surface area (Å²) in [7, 11) is 0. The van der Waals surface area contributed by atoms with E-state index < -0.39 is 0 Å². The number of H-pyrrole nitrogens is 1. The molecular weight excluding hydrogens is 328 g/mol. The first kappa shape index (κ1) is 16.3. The number of nitrogens with zero attached hydrogens (tertiary/aromatic N) is 1. The average molecular weight is 348 g/mol. The molecule has 6 heteroatoms. The quantitative estimate of drug-likeness (QED) is 0.637. The van der Waals surface area contributed by atoms with E-state index in [4.69, 9.17) is 0 Å². The predicted octanol–water partition coefficient (Wildman–Crippen LogP) is 3.48. The summed E-state index contributed by atoms with van der Waals surface area (Å²) in [6, 6.07) is 15.0. The molecule has 0 atom stereocenters. The van der Waals surface area contributed by atoms with Crippen LogP contribution in [0.4, 0.5) is 11.4 Å². The van der Waals surface area contributed by atoms with E-state index in [-0.39, 0.29) is 17.7 Å². The van der Waals surface area contributed by atoms with E-state index in [9.17, 15) is 9.59 Å². The van der Waals surface area contributed by atoms with Gasteiger partial charge in [0, 0.05) is 30.1 Å². The van der Waals surface area contributed by atoms with Gasteiger partial charge in [-0.2, -0.15) is 0 Å². The molecule has 4 rings (SSSR count). The summed E-state index contributed by atoms with van der Waals surface area (Å²) in [5.74, 6) is 0.915. The van der Waals surface area contributed by atoms with Gasteiger partial charge in [0.05, 0.1) is 11.0 Å². The van der Waals surface area contributed by atoms with Crippen molar-refractivity contribution >= 4 is 34.2 Å². The third-order valence-corrected chi connectivity index (χ3v) is 4.39. The molecule has 0 radical (unpaired) electrons. The zero-order chi connectivity index (χ0) is 17.9. The lowest BCUT2D eigenvalue weighted by Crippen LogP contribution is -2.15. The summed E-state index contributed by atoms with van der Waals surface area (Å²) in [5.41, 5.74) is 3.26. The Kier molecular flexibility index (Phi) is 4.39. The first-order valence-electron chi connectivity index (χ1n) is 8.82. The number of aromatic nitrogens is 2. The van der Waals surface area contributed by atoms with Crippen molar-refractivity contribution in [2.75, 3.05) is 10.6 Å². The largest absolute Gasteiger partial charge is 0.342 e. The van der Waals surface area contributed by atoms with E-state index in [0.717, 1.165) is 29.7 Å². The summed E-state index contributed by atoms with van der Waals surface area (Å²) in [5, 5.41) is 5.76. The van der Waals surface area contributed by atoms with Crippen molar-refractivity contribution in [2.24, 2.45) is 5.92 Å². The number of aromatic amines is 1. The number of hydrogen-bond acceptors (Lipinski definition) is 3. The Balaban J connectivity index is 1.33. The van der Waals surface area contributed by atoms with Crippen molar-refractivity contribution in [1.82, 2.24) is 9.97 Å². The molecule has 1 aliphatic carbocycles. The second kappa shape index (κ2) is 7.00. The Labute approximate surface area is 151 Å². The van der Waals surface area contributed by atoms with Gasteiger partial charge in [0.2, 0.25) is 11.8 Å². The Morgan fingerprint density at radius 1 is 1.04 bits per heavy atom. The van der Waals surface area contributed by atoms with Crippen LogP contribution in [0.2, 0.25) is 0 Å². The standard InChI is InChI=1S/C20H20N4O2/c25-19(11-10-18-23-16-6-1-2-7-17(16)24-18)21-14-4-3-5-15(12-14)22-20(26)13-8-9-13/h1-7,12-13H,8-11H2,(H,21,25)(H,22,26)(H,23,24). The fourth-order valence-corrected chi connectivity index (χ4v) is 2.84. The van der Waals surface area contributed by atoms with Crippen LogP contribution >= 0.6 is 0 Å². The van der Waals surface area contributed by atoms with Crippen LogP contribution < -0.4 is 10.6 Å². The molecule has 132 valence electrons. The number of aryl methyl sites for hydroxylation is 1. The number of hydrogen-bond donors (Lipinski definition) is 3. The highest BCUT2D eigenvalue weighted by Crippen LogP contribution is 2.30. The van der Waals surface area contributed by atoms with E-state index in [2.05, 4.69) is 20.6 Å². The SMILES string of the molecule is O=C(CCc1nc2ccccc2[nH]1)Nc1cccc(NC(=O)C2CC2)c1. The number of anilines is 2. The fourth-order valence-electron chi connectivity index (χ4n) is 2.84. The van der Waals surface area contributed by atoms with E-state index in [1.807, 2.05) is 42.5 Å². The lowest BCUT2D eigenvalue weighted by atomic mass is 10.2. The van der Waals surface area contributed by atoms with Gasteiger partial charge in [0.15, 0.2) is 0 Å². The number of imidazole rings is 1. The minimum atomic E-state index is -0.0869. The number of amides is 2. The molecule has 2 aromatic carbocycles. The normalized spacial score (nSPS) is 13.5. The fraction of sp³-hybridized carbons (Fsp3) is 0.250. The average Bonchev–Trinajstić information content (AvgIpc) is 3.40. The molecule has 1 heterocycles. The van der Waals surface area contributed by atoms with Crippen molar-refractivity contribution in [1.29, 1.82) is 0 Å². The monoisotopic (exact) mass is 348 g/mol. The number of benzene rings is 2. The molecule has 1 saturated carbocycles. The summed E-state index contributed by atoms with van der Waals surface area (Å²) >= 11 is 0. The highest BCUT2D eigenvalue weighted by molar-refractivity contribution is 5.96. The van der Waals surface area contributed by atoms with Gasteiger partial charge < -0.3 is 15.6 Å². The molecule has 0 bridgehead atoms. The number of carbonyl (C=O) groups is 2. The molecule has 0 saturated heterocycles. The minimum absolute atomic E-state index is 0.0540. The zero-order valence-corrected chi connectivity index (χ0v) is 14.3. The number of carbonyl (C=O) groups excluding carboxylic acids is 2. The Morgan fingerprint density at radius 2 is 1.81 bits per heavy atom. The Bertz CT molecular complexity index is 926. The molecule has 0 unspecified atom stereocenters. The maximum absolute atomic E-state index is 12.2. The van der Waals surface area contributed by atoms with Crippen LogP contribution in [0.3, 0.4) is 0 Å². The molecule has 3 N–H and O–H groups in total. The van der Waals surface area contributed by atoms with E-state index in [1.54, 1.807) is 6.07 Å². The van der Waals surface area contributed by atoms with Crippen molar-refractivity contribution < 1.29 is 9.59 Å². The van der Waals surface area contributed by atoms with Crippen LogP contribution in [0.15, 0.2) is 48.5 Å². The highest BCUT2D eigenvalue weighted by atomic mass is 16.2. The lowest BCUT2D eigenvalue weighted by Gasteiger charge is -2.08. The third-order valence-electron chi connectivity index (χ3n) is 4.39. The van der Waals surface area contributed by atoms with Crippen LogP contribution in [0.1, 0.15) is 25.1 Å². The molecule has 26 heavy (non-hydrogen) atoms. The smallest absolute Gasteiger partial charge is 0.227 e. The van der Waals surface area contributed by atoms with Gasteiger partial charge >= 0.3 is 0 Å². The van der Waals surface area contributed by atoms with Crippen LogP contribution in [-0.2, 0) is 16.0 Å². The molecule has 0 aliphatic heterocycles. The molecule has 1 aromatic heterocycles. The number of para-hydroxylation sites is 2. The summed E-state index contributed by atoms with van der Waals surface area (Å²) in [6.07, 6.45) is 2.80. The topological polar surface area (TPSA) is 86.9 Å². The van der Waals surface area contributed by atoms with Gasteiger partial charge in [-0.05, 0) is 43.2 Å². The molecule has 6 nitrogen and oxygen atoms in total. The third kappa shape index (κ3) is 3.91. The first-order valence-corrected chi connectivity index (χ1v) is 8.82. The van der Waals surface area contributed by atoms with Crippen LogP contribution in [0.5, 0.6) is 0 Å². The van der Waals surface area contributed by atoms with Gasteiger partial charge in [0.1, 0.15) is 5.82 Å². The first-order chi connectivity index (χ1) is 12.7. The Morgan fingerprint density at radius 3 is 2.58 bits per heavy atom. The van der Waals surface area contributed by atoms with Crippen LogP contribution in [0, 0.1) is 5.92 Å². The van der Waals surface area contributed by atoms with Crippen molar-refractivity contribution in [3.05, 3.63) is 54.4 Å². The summed E-state index contributed by atoms with van der Waals surface area (Å²) in [6.45, 7) is 0. The van der Waals surface area contributed by atoms with Crippen LogP contribution in [0.25, 0.3) is 11.0 Å². The van der Waals surface area contributed by atoms with Crippen molar-refractivity contribution in [3.63, 3.8) is 0 Å². The molecule has 1 aliphatic rings. The second-order valence-corrected chi connectivity index (χ2v) is 6.59. The Hall–Kier alpha value is -3.15. The van der Waals surface area contributed by atoms with Gasteiger partial charge in [0.25, 0.3) is 0 Å². The number of nitrogens with one attached hydrogen (secondary N) is 3. The van der Waals surface area contributed by atoms with E-state index in [1.165, 1.54) is 0 Å². The number of fused-ring (bicyclic) bond motifs is 1.